The fraction of sp³-hybridized carbons (Fsp3) is 0.556. The van der Waals surface area contributed by atoms with Crippen LogP contribution in [-0.2, 0) is 9.59 Å². The van der Waals surface area contributed by atoms with E-state index in [4.69, 9.17) is 5.11 Å². The van der Waals surface area contributed by atoms with Crippen molar-refractivity contribution in [2.24, 2.45) is 4.99 Å². The van der Waals surface area contributed by atoms with Crippen molar-refractivity contribution in [3.8, 4) is 0 Å². The molecule has 0 atom stereocenters. The van der Waals surface area contributed by atoms with E-state index in [1.807, 2.05) is 0 Å². The van der Waals surface area contributed by atoms with Crippen molar-refractivity contribution in [1.29, 1.82) is 0 Å². The van der Waals surface area contributed by atoms with Crippen molar-refractivity contribution in [3.05, 3.63) is 12.2 Å². The lowest BCUT2D eigenvalue weighted by molar-refractivity contribution is -0.132. The van der Waals surface area contributed by atoms with Gasteiger partial charge >= 0.3 is 5.97 Å². The molecular formula is C9H15NO3. The molecule has 0 bridgehead atoms. The first-order valence-corrected chi connectivity index (χ1v) is 3.98. The number of unbranched alkanes of at least 4 members (excludes halogenated alkanes) is 1. The highest BCUT2D eigenvalue weighted by atomic mass is 16.4. The summed E-state index contributed by atoms with van der Waals surface area (Å²) in [4.78, 5) is 22.3. The maximum atomic E-state index is 9.60. The van der Waals surface area contributed by atoms with Gasteiger partial charge in [-0.05, 0) is 13.3 Å². The van der Waals surface area contributed by atoms with Gasteiger partial charge in [0.15, 0.2) is 0 Å². The highest BCUT2D eigenvalue weighted by molar-refractivity contribution is 5.84. The first-order valence-electron chi connectivity index (χ1n) is 3.98. The summed E-state index contributed by atoms with van der Waals surface area (Å²) in [6.07, 6.45) is 3.56. The van der Waals surface area contributed by atoms with Gasteiger partial charge in [0, 0.05) is 5.57 Å². The maximum absolute atomic E-state index is 9.60. The van der Waals surface area contributed by atoms with Crippen LogP contribution in [0.5, 0.6) is 0 Å². The lowest BCUT2D eigenvalue weighted by Crippen LogP contribution is -1.92. The van der Waals surface area contributed by atoms with Gasteiger partial charge in [0.2, 0.25) is 6.08 Å². The molecule has 4 nitrogen and oxygen atoms in total. The van der Waals surface area contributed by atoms with Crippen LogP contribution in [0.4, 0.5) is 0 Å². The predicted molar refractivity (Wildman–Crippen MR) is 50.3 cm³/mol. The van der Waals surface area contributed by atoms with Crippen molar-refractivity contribution in [1.82, 2.24) is 0 Å². The molecule has 0 aromatic heterocycles. The zero-order valence-electron chi connectivity index (χ0n) is 8.04. The van der Waals surface area contributed by atoms with Crippen LogP contribution in [0.25, 0.3) is 0 Å². The number of carbonyl (C=O) groups excluding carboxylic acids is 1. The van der Waals surface area contributed by atoms with Crippen molar-refractivity contribution in [3.63, 3.8) is 0 Å². The number of nitrogens with zero attached hydrogens (tertiary/aromatic N) is 1. The topological polar surface area (TPSA) is 66.7 Å². The third-order valence-corrected chi connectivity index (χ3v) is 1.05. The SMILES string of the molecule is C=C(C)C(=O)O.CCCCN=C=O. The number of aliphatic carboxylic acids is 1. The van der Waals surface area contributed by atoms with E-state index >= 15 is 0 Å². The van der Waals surface area contributed by atoms with Crippen molar-refractivity contribution in [2.75, 3.05) is 6.54 Å². The summed E-state index contributed by atoms with van der Waals surface area (Å²) in [7, 11) is 0. The largest absolute Gasteiger partial charge is 0.478 e. The van der Waals surface area contributed by atoms with Crippen LogP contribution in [0.15, 0.2) is 17.1 Å². The first-order chi connectivity index (χ1) is 6.06. The number of carboxylic acids is 1. The molecule has 1 N–H and O–H groups in total. The highest BCUT2D eigenvalue weighted by Crippen LogP contribution is 1.83. The highest BCUT2D eigenvalue weighted by Gasteiger charge is 1.90. The average Bonchev–Trinajstić information content (AvgIpc) is 2.06. The molecule has 0 aliphatic carbocycles. The molecule has 4 heteroatoms. The van der Waals surface area contributed by atoms with E-state index in [0.717, 1.165) is 12.8 Å². The molecule has 0 aromatic carbocycles. The van der Waals surface area contributed by atoms with E-state index in [-0.39, 0.29) is 5.57 Å². The molecule has 0 radical (unpaired) electrons. The van der Waals surface area contributed by atoms with Crippen molar-refractivity contribution >= 4 is 12.0 Å². The molecule has 0 rings (SSSR count). The Balaban J connectivity index is 0. The maximum Gasteiger partial charge on any atom is 0.330 e. The van der Waals surface area contributed by atoms with Gasteiger partial charge in [-0.2, -0.15) is 0 Å². The number of carbonyl (C=O) groups is 1. The van der Waals surface area contributed by atoms with E-state index < -0.39 is 5.97 Å². The number of isocyanates is 1. The van der Waals surface area contributed by atoms with Crippen LogP contribution in [0, 0.1) is 0 Å². The number of hydrogen-bond donors (Lipinski definition) is 1. The third kappa shape index (κ3) is 18.0. The van der Waals surface area contributed by atoms with E-state index in [0.29, 0.717) is 6.54 Å². The van der Waals surface area contributed by atoms with Gasteiger partial charge < -0.3 is 5.11 Å². The Morgan fingerprint density at radius 1 is 1.62 bits per heavy atom. The van der Waals surface area contributed by atoms with Gasteiger partial charge in [0.25, 0.3) is 0 Å². The van der Waals surface area contributed by atoms with E-state index in [1.165, 1.54) is 13.0 Å². The number of rotatable bonds is 4. The lowest BCUT2D eigenvalue weighted by Gasteiger charge is -1.80. The van der Waals surface area contributed by atoms with Gasteiger partial charge in [0.1, 0.15) is 0 Å². The fourth-order valence-corrected chi connectivity index (χ4v) is 0.283. The second-order valence-electron chi connectivity index (χ2n) is 2.41. The van der Waals surface area contributed by atoms with Crippen LogP contribution < -0.4 is 0 Å². The van der Waals surface area contributed by atoms with Crippen molar-refractivity contribution in [2.45, 2.75) is 26.7 Å². The van der Waals surface area contributed by atoms with E-state index in [1.54, 1.807) is 0 Å². The summed E-state index contributed by atoms with van der Waals surface area (Å²) < 4.78 is 0. The summed E-state index contributed by atoms with van der Waals surface area (Å²) in [5.41, 5.74) is 0.176. The minimum Gasteiger partial charge on any atom is -0.478 e. The van der Waals surface area contributed by atoms with E-state index in [2.05, 4.69) is 18.5 Å². The Bertz CT molecular complexity index is 193. The Kier molecular flexibility index (Phi) is 11.5. The smallest absolute Gasteiger partial charge is 0.330 e. The fourth-order valence-electron chi connectivity index (χ4n) is 0.283. The lowest BCUT2D eigenvalue weighted by atomic mass is 10.3. The molecule has 13 heavy (non-hydrogen) atoms. The number of hydrogen-bond acceptors (Lipinski definition) is 3. The molecule has 0 aliphatic rings. The average molecular weight is 185 g/mol. The van der Waals surface area contributed by atoms with Crippen LogP contribution in [0.1, 0.15) is 26.7 Å². The zero-order valence-corrected chi connectivity index (χ0v) is 8.04. The Morgan fingerprint density at radius 2 is 2.08 bits per heavy atom. The zero-order chi connectivity index (χ0) is 10.7. The minimum absolute atomic E-state index is 0.176. The van der Waals surface area contributed by atoms with Crippen LogP contribution in [0.2, 0.25) is 0 Å². The molecular weight excluding hydrogens is 170 g/mol. The van der Waals surface area contributed by atoms with Crippen LogP contribution in [0.3, 0.4) is 0 Å². The first kappa shape index (κ1) is 14.1. The summed E-state index contributed by atoms with van der Waals surface area (Å²) in [5, 5.41) is 7.89. The normalized spacial score (nSPS) is 7.54. The predicted octanol–water partition coefficient (Wildman–Crippen LogP) is 1.77. The van der Waals surface area contributed by atoms with Gasteiger partial charge in [-0.15, -0.1) is 0 Å². The monoisotopic (exact) mass is 185 g/mol. The Morgan fingerprint density at radius 3 is 2.31 bits per heavy atom. The molecule has 0 fully saturated rings. The third-order valence-electron chi connectivity index (χ3n) is 1.05. The van der Waals surface area contributed by atoms with Gasteiger partial charge in [-0.1, -0.05) is 19.9 Å². The van der Waals surface area contributed by atoms with E-state index in [9.17, 15) is 9.59 Å². The molecule has 0 heterocycles. The van der Waals surface area contributed by atoms with Crippen molar-refractivity contribution < 1.29 is 14.7 Å². The molecule has 0 unspecified atom stereocenters. The second kappa shape index (κ2) is 10.6. The molecule has 0 spiro atoms. The second-order valence-corrected chi connectivity index (χ2v) is 2.41. The molecule has 74 valence electrons. The Labute approximate surface area is 78.0 Å². The number of carboxylic acid groups (broad SMARTS) is 1. The van der Waals surface area contributed by atoms with Gasteiger partial charge in [-0.25, -0.2) is 14.6 Å². The summed E-state index contributed by atoms with van der Waals surface area (Å²) in [6, 6.07) is 0. The molecule has 0 aliphatic heterocycles. The summed E-state index contributed by atoms with van der Waals surface area (Å²) in [5.74, 6) is -0.935. The standard InChI is InChI=1S/C5H9NO.C4H6O2/c1-2-3-4-6-5-7;1-3(2)4(5)6/h2-4H2,1H3;1H2,2H3,(H,5,6). The number of aliphatic imine (C=N–C) groups is 1. The van der Waals surface area contributed by atoms with Gasteiger partial charge in [0.05, 0.1) is 6.54 Å². The summed E-state index contributed by atoms with van der Waals surface area (Å²) in [6.45, 7) is 7.30. The van der Waals surface area contributed by atoms with Crippen LogP contribution in [-0.4, -0.2) is 23.7 Å². The molecule has 0 saturated heterocycles. The minimum atomic E-state index is -0.935. The molecule has 0 saturated carbocycles. The molecule has 0 aromatic rings. The Hall–Kier alpha value is -1.41. The molecule has 0 amide bonds. The van der Waals surface area contributed by atoms with Gasteiger partial charge in [-0.3, -0.25) is 0 Å². The summed E-state index contributed by atoms with van der Waals surface area (Å²) >= 11 is 0. The van der Waals surface area contributed by atoms with Crippen LogP contribution >= 0.6 is 0 Å². The quantitative estimate of drug-likeness (QED) is 0.314.